The molecule has 24 heavy (non-hydrogen) atoms. The molecule has 0 aliphatic carbocycles. The third-order valence-corrected chi connectivity index (χ3v) is 4.39. The van der Waals surface area contributed by atoms with Gasteiger partial charge in [0.2, 0.25) is 0 Å². The van der Waals surface area contributed by atoms with Gasteiger partial charge in [0, 0.05) is 49.4 Å². The molecule has 0 radical (unpaired) electrons. The van der Waals surface area contributed by atoms with Gasteiger partial charge in [-0.05, 0) is 24.1 Å². The van der Waals surface area contributed by atoms with Gasteiger partial charge in [-0.2, -0.15) is 0 Å². The molecule has 0 saturated carbocycles. The molecule has 6 nitrogen and oxygen atoms in total. The summed E-state index contributed by atoms with van der Waals surface area (Å²) in [5.41, 5.74) is 3.89. The molecule has 0 unspecified atom stereocenters. The van der Waals surface area contributed by atoms with E-state index in [0.717, 1.165) is 30.9 Å². The van der Waals surface area contributed by atoms with Crippen molar-refractivity contribution in [3.05, 3.63) is 53.7 Å². The monoisotopic (exact) mass is 322 g/mol. The molecule has 0 saturated heterocycles. The van der Waals surface area contributed by atoms with Crippen molar-refractivity contribution >= 4 is 22.4 Å². The Kier molecular flexibility index (Phi) is 3.74. The Hall–Kier alpha value is -2.73. The minimum absolute atomic E-state index is 0.0706. The van der Waals surface area contributed by atoms with E-state index in [4.69, 9.17) is 4.52 Å². The molecular weight excluding hydrogens is 304 g/mol. The zero-order valence-corrected chi connectivity index (χ0v) is 13.5. The van der Waals surface area contributed by atoms with E-state index >= 15 is 0 Å². The van der Waals surface area contributed by atoms with Gasteiger partial charge < -0.3 is 9.51 Å². The third kappa shape index (κ3) is 2.76. The molecule has 0 amide bonds. The van der Waals surface area contributed by atoms with E-state index in [1.165, 1.54) is 23.4 Å². The Bertz CT molecular complexity index is 922. The van der Waals surface area contributed by atoms with E-state index in [-0.39, 0.29) is 5.78 Å². The Morgan fingerprint density at radius 2 is 2.38 bits per heavy atom. The topological polar surface area (TPSA) is 75.0 Å². The number of nitrogens with zero attached hydrogens (tertiary/aromatic N) is 3. The van der Waals surface area contributed by atoms with Crippen LogP contribution in [-0.2, 0) is 6.54 Å². The van der Waals surface area contributed by atoms with E-state index < -0.39 is 0 Å². The molecule has 0 bridgehead atoms. The van der Waals surface area contributed by atoms with Crippen LogP contribution >= 0.6 is 0 Å². The van der Waals surface area contributed by atoms with Crippen LogP contribution in [0.4, 0.5) is 0 Å². The van der Waals surface area contributed by atoms with Gasteiger partial charge in [0.1, 0.15) is 11.3 Å². The number of nitrogens with one attached hydrogen (secondary N) is 1. The van der Waals surface area contributed by atoms with Crippen LogP contribution in [0.15, 0.2) is 41.2 Å². The summed E-state index contributed by atoms with van der Waals surface area (Å²) in [5, 5.41) is 4.96. The highest BCUT2D eigenvalue weighted by atomic mass is 16.5. The van der Waals surface area contributed by atoms with Gasteiger partial charge in [0.05, 0.1) is 6.54 Å². The van der Waals surface area contributed by atoms with Crippen LogP contribution in [0.2, 0.25) is 0 Å². The summed E-state index contributed by atoms with van der Waals surface area (Å²) < 4.78 is 5.24. The van der Waals surface area contributed by atoms with Crippen LogP contribution in [0.25, 0.3) is 16.6 Å². The van der Waals surface area contributed by atoms with Crippen LogP contribution in [0.5, 0.6) is 0 Å². The van der Waals surface area contributed by atoms with Gasteiger partial charge in [-0.15, -0.1) is 0 Å². The first-order valence-corrected chi connectivity index (χ1v) is 8.01. The van der Waals surface area contributed by atoms with Crippen molar-refractivity contribution in [3.63, 3.8) is 0 Å². The van der Waals surface area contributed by atoms with Crippen molar-refractivity contribution < 1.29 is 9.32 Å². The maximum absolute atomic E-state index is 11.3. The number of carbonyl (C=O) groups is 1. The molecule has 0 spiro atoms. The first-order valence-electron chi connectivity index (χ1n) is 8.01. The van der Waals surface area contributed by atoms with E-state index in [9.17, 15) is 4.79 Å². The highest BCUT2D eigenvalue weighted by Crippen LogP contribution is 2.28. The molecular formula is C18H18N4O2. The summed E-state index contributed by atoms with van der Waals surface area (Å²) in [6.07, 6.45) is 7.05. The molecule has 3 aromatic heterocycles. The molecule has 122 valence electrons. The van der Waals surface area contributed by atoms with Crippen LogP contribution in [0.1, 0.15) is 35.2 Å². The van der Waals surface area contributed by atoms with Gasteiger partial charge in [0.15, 0.2) is 11.5 Å². The van der Waals surface area contributed by atoms with E-state index in [0.29, 0.717) is 12.2 Å². The zero-order valence-electron chi connectivity index (χ0n) is 13.5. The molecule has 4 heterocycles. The fraction of sp³-hybridized carbons (Fsp3) is 0.278. The summed E-state index contributed by atoms with van der Waals surface area (Å²) >= 11 is 0. The van der Waals surface area contributed by atoms with Crippen LogP contribution in [0.3, 0.4) is 0 Å². The number of H-pyrrole nitrogens is 1. The molecule has 3 aromatic rings. The summed E-state index contributed by atoms with van der Waals surface area (Å²) in [6, 6.07) is 5.79. The lowest BCUT2D eigenvalue weighted by molar-refractivity contribution is 0.100. The molecule has 1 aliphatic rings. The second-order valence-corrected chi connectivity index (χ2v) is 6.05. The quantitative estimate of drug-likeness (QED) is 0.747. The molecule has 1 N–H and O–H groups in total. The summed E-state index contributed by atoms with van der Waals surface area (Å²) in [6.45, 7) is 3.94. The van der Waals surface area contributed by atoms with Gasteiger partial charge in [-0.3, -0.25) is 9.69 Å². The highest BCUT2D eigenvalue weighted by Gasteiger charge is 2.18. The van der Waals surface area contributed by atoms with Gasteiger partial charge in [-0.25, -0.2) is 4.98 Å². The van der Waals surface area contributed by atoms with Crippen molar-refractivity contribution in [1.82, 2.24) is 20.0 Å². The number of aromatic amines is 1. The molecule has 4 rings (SSSR count). The lowest BCUT2D eigenvalue weighted by atomic mass is 9.99. The number of hydrogen-bond donors (Lipinski definition) is 1. The van der Waals surface area contributed by atoms with E-state index in [1.807, 2.05) is 12.3 Å². The Morgan fingerprint density at radius 3 is 3.12 bits per heavy atom. The number of pyridine rings is 1. The smallest absolute Gasteiger partial charge is 0.181 e. The maximum atomic E-state index is 11.3. The minimum atomic E-state index is -0.0706. The Balaban J connectivity index is 1.47. The van der Waals surface area contributed by atoms with E-state index in [1.54, 1.807) is 12.3 Å². The van der Waals surface area contributed by atoms with Crippen LogP contribution in [-0.4, -0.2) is 38.9 Å². The van der Waals surface area contributed by atoms with Crippen molar-refractivity contribution in [2.75, 3.05) is 13.1 Å². The zero-order chi connectivity index (χ0) is 16.5. The standard InChI is InChI=1S/C18H18N4O2/c1-12(23)17-9-14(24-21-17)11-22-7-4-13(5-8-22)16-10-20-18-15(16)3-2-6-19-18/h2-4,6,9-10H,5,7-8,11H2,1H3,(H,19,20). The molecule has 0 fully saturated rings. The number of rotatable bonds is 4. The van der Waals surface area contributed by atoms with Gasteiger partial charge >= 0.3 is 0 Å². The van der Waals surface area contributed by atoms with Crippen LogP contribution < -0.4 is 0 Å². The highest BCUT2D eigenvalue weighted by molar-refractivity contribution is 5.92. The summed E-state index contributed by atoms with van der Waals surface area (Å²) in [7, 11) is 0. The third-order valence-electron chi connectivity index (χ3n) is 4.39. The van der Waals surface area contributed by atoms with Crippen molar-refractivity contribution in [2.24, 2.45) is 0 Å². The number of fused-ring (bicyclic) bond motifs is 1. The fourth-order valence-electron chi connectivity index (χ4n) is 3.09. The minimum Gasteiger partial charge on any atom is -0.359 e. The van der Waals surface area contributed by atoms with E-state index in [2.05, 4.69) is 32.2 Å². The first-order chi connectivity index (χ1) is 11.7. The SMILES string of the molecule is CC(=O)c1cc(CN2CC=C(c3c[nH]c4ncccc34)CC2)on1. The molecule has 1 aliphatic heterocycles. The van der Waals surface area contributed by atoms with Crippen molar-refractivity contribution in [2.45, 2.75) is 19.9 Å². The van der Waals surface area contributed by atoms with Crippen molar-refractivity contribution in [1.29, 1.82) is 0 Å². The largest absolute Gasteiger partial charge is 0.359 e. The Morgan fingerprint density at radius 1 is 1.46 bits per heavy atom. The average Bonchev–Trinajstić information content (AvgIpc) is 3.23. The summed E-state index contributed by atoms with van der Waals surface area (Å²) in [4.78, 5) is 21.1. The molecule has 0 aromatic carbocycles. The molecule has 6 heteroatoms. The molecule has 0 atom stereocenters. The van der Waals surface area contributed by atoms with Gasteiger partial charge in [0.25, 0.3) is 0 Å². The second-order valence-electron chi connectivity index (χ2n) is 6.05. The number of carbonyl (C=O) groups excluding carboxylic acids is 1. The predicted molar refractivity (Wildman–Crippen MR) is 90.5 cm³/mol. The number of hydrogen-bond acceptors (Lipinski definition) is 5. The average molecular weight is 322 g/mol. The fourth-order valence-corrected chi connectivity index (χ4v) is 3.09. The summed E-state index contributed by atoms with van der Waals surface area (Å²) in [5.74, 6) is 0.659. The predicted octanol–water partition coefficient (Wildman–Crippen LogP) is 3.04. The lowest BCUT2D eigenvalue weighted by Crippen LogP contribution is -2.27. The second kappa shape index (κ2) is 6.05. The van der Waals surface area contributed by atoms with Gasteiger partial charge in [-0.1, -0.05) is 11.2 Å². The number of aromatic nitrogens is 3. The maximum Gasteiger partial charge on any atom is 0.181 e. The van der Waals surface area contributed by atoms with Crippen molar-refractivity contribution in [3.8, 4) is 0 Å². The first kappa shape index (κ1) is 14.8. The van der Waals surface area contributed by atoms with Crippen LogP contribution in [0, 0.1) is 0 Å². The number of ketones is 1. The normalized spacial score (nSPS) is 15.6. The Labute approximate surface area is 139 Å². The lowest BCUT2D eigenvalue weighted by Gasteiger charge is -2.25. The number of Topliss-reactive ketones (excluding diaryl/α,β-unsaturated/α-hetero) is 1.